The van der Waals surface area contributed by atoms with Crippen LogP contribution in [0.5, 0.6) is 0 Å². The number of aliphatic hydroxyl groups excluding tert-OH is 1. The number of carbonyl (C=O) groups excluding carboxylic acids is 1. The first-order valence-electron chi connectivity index (χ1n) is 10.9. The van der Waals surface area contributed by atoms with E-state index in [1.165, 1.54) is 12.1 Å². The summed E-state index contributed by atoms with van der Waals surface area (Å²) in [4.78, 5) is 28.4. The molecule has 3 rings (SSSR count). The number of hydrogen-bond acceptors (Lipinski definition) is 5. The number of benzene rings is 2. The maximum absolute atomic E-state index is 14.8. The van der Waals surface area contributed by atoms with Gasteiger partial charge in [0.25, 0.3) is 5.91 Å². The highest BCUT2D eigenvalue weighted by molar-refractivity contribution is 5.94. The fourth-order valence-corrected chi connectivity index (χ4v) is 3.75. The van der Waals surface area contributed by atoms with Crippen molar-refractivity contribution in [3.63, 3.8) is 0 Å². The summed E-state index contributed by atoms with van der Waals surface area (Å²) in [6, 6.07) is 12.5. The fourth-order valence-electron chi connectivity index (χ4n) is 3.75. The number of aliphatic hydroxyl groups is 1. The lowest BCUT2D eigenvalue weighted by Crippen LogP contribution is -2.46. The van der Waals surface area contributed by atoms with Crippen molar-refractivity contribution in [2.75, 3.05) is 6.61 Å². The number of pyridine rings is 1. The van der Waals surface area contributed by atoms with Gasteiger partial charge in [-0.2, -0.15) is 4.91 Å². The lowest BCUT2D eigenvalue weighted by molar-refractivity contribution is 0.0869. The highest BCUT2D eigenvalue weighted by Gasteiger charge is 2.26. The second kappa shape index (κ2) is 10.6. The van der Waals surface area contributed by atoms with Gasteiger partial charge in [0.1, 0.15) is 17.7 Å². The first-order valence-corrected chi connectivity index (χ1v) is 10.9. The molecule has 1 amide bonds. The molecule has 0 fully saturated rings. The van der Waals surface area contributed by atoms with Crippen molar-refractivity contribution in [3.8, 4) is 0 Å². The number of nitrogens with zero attached hydrogens (tertiary/aromatic N) is 2. The van der Waals surface area contributed by atoms with Gasteiger partial charge in [-0.05, 0) is 74.2 Å². The van der Waals surface area contributed by atoms with E-state index in [4.69, 9.17) is 0 Å². The van der Waals surface area contributed by atoms with Crippen LogP contribution in [0.2, 0.25) is 0 Å². The second-order valence-corrected chi connectivity index (χ2v) is 8.92. The number of nitrogens with one attached hydrogen (secondary N) is 1. The Labute approximate surface area is 197 Å². The number of halogens is 2. The van der Waals surface area contributed by atoms with Crippen molar-refractivity contribution in [3.05, 3.63) is 105 Å². The van der Waals surface area contributed by atoms with Crippen LogP contribution >= 0.6 is 0 Å². The monoisotopic (exact) mass is 467 g/mol. The molecule has 0 saturated heterocycles. The SMILES string of the molecule is Cc1cc(C(CC(c2ccc(C(=O)NC(C)(C)CO)cc2)c2ccc(F)cc2F)N=O)ccn1. The first-order chi connectivity index (χ1) is 16.1. The van der Waals surface area contributed by atoms with Gasteiger partial charge in [0, 0.05) is 29.4 Å². The van der Waals surface area contributed by atoms with Crippen LogP contribution in [0.1, 0.15) is 65.0 Å². The van der Waals surface area contributed by atoms with Gasteiger partial charge in [-0.15, -0.1) is 0 Å². The zero-order chi connectivity index (χ0) is 24.9. The summed E-state index contributed by atoms with van der Waals surface area (Å²) >= 11 is 0. The summed E-state index contributed by atoms with van der Waals surface area (Å²) in [5.41, 5.74) is 1.80. The topological polar surface area (TPSA) is 91.6 Å². The number of amides is 1. The van der Waals surface area contributed by atoms with Gasteiger partial charge in [0.2, 0.25) is 0 Å². The highest BCUT2D eigenvalue weighted by Crippen LogP contribution is 2.37. The van der Waals surface area contributed by atoms with E-state index in [9.17, 15) is 23.6 Å². The molecule has 2 N–H and O–H groups in total. The molecule has 0 aliphatic heterocycles. The molecule has 0 spiro atoms. The summed E-state index contributed by atoms with van der Waals surface area (Å²) in [6.07, 6.45) is 1.72. The summed E-state index contributed by atoms with van der Waals surface area (Å²) in [5.74, 6) is -2.42. The van der Waals surface area contributed by atoms with Gasteiger partial charge in [-0.3, -0.25) is 9.78 Å². The Morgan fingerprint density at radius 1 is 1.09 bits per heavy atom. The van der Waals surface area contributed by atoms with Gasteiger partial charge < -0.3 is 10.4 Å². The van der Waals surface area contributed by atoms with Crippen molar-refractivity contribution in [2.24, 2.45) is 5.18 Å². The maximum atomic E-state index is 14.8. The van der Waals surface area contributed by atoms with Crippen LogP contribution in [0.25, 0.3) is 0 Å². The Balaban J connectivity index is 1.97. The van der Waals surface area contributed by atoms with Gasteiger partial charge >= 0.3 is 0 Å². The van der Waals surface area contributed by atoms with E-state index < -0.39 is 29.1 Å². The smallest absolute Gasteiger partial charge is 0.251 e. The largest absolute Gasteiger partial charge is 0.394 e. The molecule has 0 aliphatic rings. The van der Waals surface area contributed by atoms with Crippen molar-refractivity contribution >= 4 is 5.91 Å². The summed E-state index contributed by atoms with van der Waals surface area (Å²) in [6.45, 7) is 4.96. The molecule has 3 aromatic rings. The molecule has 1 aromatic heterocycles. The summed E-state index contributed by atoms with van der Waals surface area (Å²) < 4.78 is 28.4. The van der Waals surface area contributed by atoms with Gasteiger partial charge in [-0.1, -0.05) is 23.4 Å². The molecule has 0 bridgehead atoms. The van der Waals surface area contributed by atoms with Crippen molar-refractivity contribution in [1.29, 1.82) is 0 Å². The average Bonchev–Trinajstić information content (AvgIpc) is 2.80. The van der Waals surface area contributed by atoms with Crippen molar-refractivity contribution < 1.29 is 18.7 Å². The lowest BCUT2D eigenvalue weighted by Gasteiger charge is -2.24. The molecular formula is C26H27F2N3O3. The van der Waals surface area contributed by atoms with Crippen molar-refractivity contribution in [2.45, 2.75) is 44.7 Å². The molecule has 178 valence electrons. The first kappa shape index (κ1) is 25.1. The minimum atomic E-state index is -0.791. The van der Waals surface area contributed by atoms with E-state index in [-0.39, 0.29) is 24.5 Å². The third-order valence-electron chi connectivity index (χ3n) is 5.65. The number of carbonyl (C=O) groups is 1. The minimum absolute atomic E-state index is 0.137. The zero-order valence-electron chi connectivity index (χ0n) is 19.3. The minimum Gasteiger partial charge on any atom is -0.394 e. The quantitative estimate of drug-likeness (QED) is 0.423. The summed E-state index contributed by atoms with van der Waals surface area (Å²) in [7, 11) is 0. The Kier molecular flexibility index (Phi) is 7.83. The molecule has 6 nitrogen and oxygen atoms in total. The predicted octanol–water partition coefficient (Wildman–Crippen LogP) is 5.20. The summed E-state index contributed by atoms with van der Waals surface area (Å²) in [5, 5.41) is 15.4. The molecule has 8 heteroatoms. The molecule has 1 heterocycles. The van der Waals surface area contributed by atoms with Gasteiger partial charge in [0.15, 0.2) is 0 Å². The second-order valence-electron chi connectivity index (χ2n) is 8.92. The number of aromatic nitrogens is 1. The van der Waals surface area contributed by atoms with E-state index in [0.29, 0.717) is 16.7 Å². The Hall–Kier alpha value is -3.52. The van der Waals surface area contributed by atoms with Crippen LogP contribution in [-0.2, 0) is 0 Å². The number of nitroso groups, excluding NO2 is 1. The Morgan fingerprint density at radius 3 is 2.38 bits per heavy atom. The van der Waals surface area contributed by atoms with Crippen LogP contribution in [0.3, 0.4) is 0 Å². The van der Waals surface area contributed by atoms with Crippen LogP contribution in [-0.4, -0.2) is 28.1 Å². The standard InChI is InChI=1S/C26H27F2N3O3/c1-16-12-19(10-11-29-16)24(31-34)14-22(21-9-8-20(27)13-23(21)28)17-4-6-18(7-5-17)25(33)30-26(2,3)15-32/h4-13,22,24,32H,14-15H2,1-3H3,(H,30,33). The van der Waals surface area contributed by atoms with Crippen molar-refractivity contribution in [1.82, 2.24) is 10.3 Å². The molecular weight excluding hydrogens is 440 g/mol. The third-order valence-corrected chi connectivity index (χ3v) is 5.65. The average molecular weight is 468 g/mol. The number of rotatable bonds is 9. The maximum Gasteiger partial charge on any atom is 0.251 e. The Morgan fingerprint density at radius 2 is 1.79 bits per heavy atom. The molecule has 0 aliphatic carbocycles. The molecule has 34 heavy (non-hydrogen) atoms. The number of aryl methyl sites for hydroxylation is 1. The van der Waals surface area contributed by atoms with Crippen LogP contribution in [0.4, 0.5) is 8.78 Å². The van der Waals surface area contributed by atoms with E-state index in [2.05, 4.69) is 15.5 Å². The van der Waals surface area contributed by atoms with Crippen LogP contribution < -0.4 is 5.32 Å². The lowest BCUT2D eigenvalue weighted by atomic mass is 9.84. The van der Waals surface area contributed by atoms with E-state index in [1.54, 1.807) is 63.4 Å². The van der Waals surface area contributed by atoms with Crippen LogP contribution in [0.15, 0.2) is 66.0 Å². The van der Waals surface area contributed by atoms with Gasteiger partial charge in [-0.25, -0.2) is 8.78 Å². The van der Waals surface area contributed by atoms with E-state index in [0.717, 1.165) is 11.8 Å². The predicted molar refractivity (Wildman–Crippen MR) is 125 cm³/mol. The van der Waals surface area contributed by atoms with Gasteiger partial charge in [0.05, 0.1) is 12.1 Å². The zero-order valence-corrected chi connectivity index (χ0v) is 19.3. The van der Waals surface area contributed by atoms with Crippen LogP contribution in [0, 0.1) is 23.5 Å². The normalized spacial score (nSPS) is 13.2. The molecule has 2 atom stereocenters. The van der Waals surface area contributed by atoms with E-state index >= 15 is 0 Å². The van der Waals surface area contributed by atoms with E-state index in [1.807, 2.05) is 0 Å². The fraction of sp³-hybridized carbons (Fsp3) is 0.308. The Bertz CT molecular complexity index is 1170. The third kappa shape index (κ3) is 6.08. The molecule has 0 radical (unpaired) electrons. The molecule has 2 aromatic carbocycles. The highest BCUT2D eigenvalue weighted by atomic mass is 19.1. The molecule has 2 unspecified atom stereocenters. The number of hydrogen-bond donors (Lipinski definition) is 2. The molecule has 0 saturated carbocycles.